The molecule has 0 rings (SSSR count). The summed E-state index contributed by atoms with van der Waals surface area (Å²) >= 11 is 0. The molecule has 5 nitrogen and oxygen atoms in total. The van der Waals surface area contributed by atoms with Crippen LogP contribution in [0.15, 0.2) is 11.8 Å². The summed E-state index contributed by atoms with van der Waals surface area (Å²) in [6, 6.07) is 0. The lowest BCUT2D eigenvalue weighted by atomic mass is 10.4. The molecule has 0 unspecified atom stereocenters. The fraction of sp³-hybridized carbons (Fsp3) is 0.625. The molecule has 0 bridgehead atoms. The van der Waals surface area contributed by atoms with E-state index in [4.69, 9.17) is 17.7 Å². The Morgan fingerprint density at radius 1 is 1.07 bits per heavy atom. The molecule has 0 aromatic carbocycles. The summed E-state index contributed by atoms with van der Waals surface area (Å²) in [7, 11) is 1.22. The summed E-state index contributed by atoms with van der Waals surface area (Å²) in [5.74, 6) is 0.309. The third kappa shape index (κ3) is 4.01. The van der Waals surface area contributed by atoms with Gasteiger partial charge in [0.15, 0.2) is 5.78 Å². The van der Waals surface area contributed by atoms with Crippen LogP contribution in [-0.2, 0) is 22.5 Å². The van der Waals surface area contributed by atoms with Crippen molar-refractivity contribution in [2.45, 2.75) is 13.8 Å². The third-order valence-corrected chi connectivity index (χ3v) is 3.51. The highest BCUT2D eigenvalue weighted by atomic mass is 28.4. The third-order valence-electron chi connectivity index (χ3n) is 1.44. The fourth-order valence-corrected chi connectivity index (χ4v) is 2.09. The highest BCUT2D eigenvalue weighted by Crippen LogP contribution is 2.12. The summed E-state index contributed by atoms with van der Waals surface area (Å²) in [4.78, 5) is 10.7. The predicted molar refractivity (Wildman–Crippen MR) is 52.3 cm³/mol. The topological polar surface area (TPSA) is 54.0 Å². The number of hydrogen-bond acceptors (Lipinski definition) is 5. The summed E-state index contributed by atoms with van der Waals surface area (Å²) in [5.41, 5.74) is 0. The molecule has 0 N–H and O–H groups in total. The van der Waals surface area contributed by atoms with Crippen molar-refractivity contribution in [3.05, 3.63) is 11.8 Å². The maximum Gasteiger partial charge on any atom is 0.748 e. The van der Waals surface area contributed by atoms with Crippen molar-refractivity contribution in [2.75, 3.05) is 21.3 Å². The molecule has 0 saturated heterocycles. The van der Waals surface area contributed by atoms with Gasteiger partial charge in [-0.25, -0.2) is 0 Å². The van der Waals surface area contributed by atoms with Gasteiger partial charge in [0.25, 0.3) is 0 Å². The molecule has 82 valence electrons. The first-order valence-corrected chi connectivity index (χ1v) is 5.66. The van der Waals surface area contributed by atoms with Gasteiger partial charge in [-0.15, -0.1) is 0 Å². The van der Waals surface area contributed by atoms with Crippen molar-refractivity contribution in [3.8, 4) is 0 Å². The normalized spacial score (nSPS) is 12.8. The average molecular weight is 220 g/mol. The zero-order chi connectivity index (χ0) is 11.2. The Morgan fingerprint density at radius 3 is 1.79 bits per heavy atom. The van der Waals surface area contributed by atoms with E-state index < -0.39 is 9.05 Å². The Bertz CT molecular complexity index is 214. The fourth-order valence-electron chi connectivity index (χ4n) is 0.888. The Morgan fingerprint density at radius 2 is 1.50 bits per heavy atom. The lowest BCUT2D eigenvalue weighted by Crippen LogP contribution is -2.45. The van der Waals surface area contributed by atoms with Crippen molar-refractivity contribution in [1.29, 1.82) is 0 Å². The van der Waals surface area contributed by atoms with Gasteiger partial charge in [-0.05, 0) is 13.8 Å². The van der Waals surface area contributed by atoms with Crippen LogP contribution in [-0.4, -0.2) is 36.2 Å². The van der Waals surface area contributed by atoms with Crippen molar-refractivity contribution in [2.24, 2.45) is 0 Å². The van der Waals surface area contributed by atoms with Crippen molar-refractivity contribution >= 4 is 14.8 Å². The molecule has 0 fully saturated rings. The van der Waals surface area contributed by atoms with E-state index in [1.54, 1.807) is 6.92 Å². The summed E-state index contributed by atoms with van der Waals surface area (Å²) in [5, 5.41) is 0. The standard InChI is InChI=1S/C8H16O5Si/c1-7(9)6-8(2)13-14(10-3,11-4)12-5/h6H,1-5H3/b8-6+. The largest absolute Gasteiger partial charge is 0.748 e. The predicted octanol–water partition coefficient (Wildman–Crippen LogP) is 0.871. The number of hydrogen-bond donors (Lipinski definition) is 0. The molecule has 0 spiro atoms. The average Bonchev–Trinajstić information content (AvgIpc) is 2.13. The zero-order valence-electron chi connectivity index (χ0n) is 9.12. The van der Waals surface area contributed by atoms with Gasteiger partial charge in [0.2, 0.25) is 0 Å². The van der Waals surface area contributed by atoms with Gasteiger partial charge in [-0.1, -0.05) is 0 Å². The lowest BCUT2D eigenvalue weighted by molar-refractivity contribution is -0.112. The molecular formula is C8H16O5Si. The lowest BCUT2D eigenvalue weighted by Gasteiger charge is -2.23. The van der Waals surface area contributed by atoms with Gasteiger partial charge in [-0.2, -0.15) is 0 Å². The van der Waals surface area contributed by atoms with E-state index in [1.165, 1.54) is 34.3 Å². The minimum Gasteiger partial charge on any atom is -0.484 e. The number of carbonyl (C=O) groups excluding carboxylic acids is 1. The summed E-state index contributed by atoms with van der Waals surface area (Å²) < 4.78 is 20.3. The molecule has 6 heteroatoms. The van der Waals surface area contributed by atoms with E-state index in [0.29, 0.717) is 5.76 Å². The molecule has 0 aliphatic heterocycles. The molecule has 0 heterocycles. The van der Waals surface area contributed by atoms with E-state index >= 15 is 0 Å². The first kappa shape index (κ1) is 13.3. The van der Waals surface area contributed by atoms with Gasteiger partial charge < -0.3 is 17.7 Å². The first-order valence-electron chi connectivity index (χ1n) is 4.03. The van der Waals surface area contributed by atoms with Crippen LogP contribution < -0.4 is 0 Å². The highest BCUT2D eigenvalue weighted by molar-refractivity contribution is 6.53. The molecule has 0 atom stereocenters. The van der Waals surface area contributed by atoms with Crippen molar-refractivity contribution in [3.63, 3.8) is 0 Å². The Hall–Kier alpha value is -0.693. The van der Waals surface area contributed by atoms with Crippen LogP contribution in [0, 0.1) is 0 Å². The first-order chi connectivity index (χ1) is 6.49. The second kappa shape index (κ2) is 5.92. The Balaban J connectivity index is 4.52. The minimum absolute atomic E-state index is 0.103. The Kier molecular flexibility index (Phi) is 5.62. The molecule has 0 saturated carbocycles. The van der Waals surface area contributed by atoms with E-state index in [0.717, 1.165) is 0 Å². The molecule has 0 aliphatic carbocycles. The van der Waals surface area contributed by atoms with Crippen LogP contribution in [0.4, 0.5) is 0 Å². The second-order valence-corrected chi connectivity index (χ2v) is 5.01. The number of ketones is 1. The van der Waals surface area contributed by atoms with Gasteiger partial charge in [0.05, 0.1) is 5.76 Å². The maximum atomic E-state index is 10.7. The molecule has 0 amide bonds. The van der Waals surface area contributed by atoms with Crippen molar-refractivity contribution < 1.29 is 22.5 Å². The van der Waals surface area contributed by atoms with Gasteiger partial charge in [-0.3, -0.25) is 4.79 Å². The molecule has 0 aromatic rings. The van der Waals surface area contributed by atoms with Crippen LogP contribution in [0.1, 0.15) is 13.8 Å². The van der Waals surface area contributed by atoms with E-state index in [1.807, 2.05) is 0 Å². The molecular weight excluding hydrogens is 204 g/mol. The Labute approximate surface area is 85.1 Å². The van der Waals surface area contributed by atoms with Gasteiger partial charge in [0.1, 0.15) is 0 Å². The van der Waals surface area contributed by atoms with Crippen LogP contribution in [0.3, 0.4) is 0 Å². The van der Waals surface area contributed by atoms with E-state index in [9.17, 15) is 4.79 Å². The van der Waals surface area contributed by atoms with Crippen molar-refractivity contribution in [1.82, 2.24) is 0 Å². The maximum absolute atomic E-state index is 10.7. The van der Waals surface area contributed by atoms with Gasteiger partial charge >= 0.3 is 9.05 Å². The molecule has 14 heavy (non-hydrogen) atoms. The SMILES string of the molecule is CO[Si](OC)(OC)O/C(C)=C/C(C)=O. The number of allylic oxidation sites excluding steroid dienone is 2. The minimum atomic E-state index is -3.07. The van der Waals surface area contributed by atoms with Crippen LogP contribution in [0.5, 0.6) is 0 Å². The summed E-state index contributed by atoms with van der Waals surface area (Å²) in [6.07, 6.45) is 1.35. The monoisotopic (exact) mass is 220 g/mol. The van der Waals surface area contributed by atoms with Crippen LogP contribution in [0.25, 0.3) is 0 Å². The molecule has 0 aliphatic rings. The second-order valence-electron chi connectivity index (χ2n) is 2.58. The quantitative estimate of drug-likeness (QED) is 0.378. The van der Waals surface area contributed by atoms with Crippen LogP contribution >= 0.6 is 0 Å². The number of carbonyl (C=O) groups is 1. The van der Waals surface area contributed by atoms with E-state index in [2.05, 4.69) is 0 Å². The highest BCUT2D eigenvalue weighted by Gasteiger charge is 2.45. The van der Waals surface area contributed by atoms with Gasteiger partial charge in [0, 0.05) is 27.4 Å². The van der Waals surface area contributed by atoms with Crippen LogP contribution in [0.2, 0.25) is 0 Å². The number of rotatable bonds is 6. The zero-order valence-corrected chi connectivity index (χ0v) is 10.1. The smallest absolute Gasteiger partial charge is 0.484 e. The van der Waals surface area contributed by atoms with E-state index in [-0.39, 0.29) is 5.78 Å². The summed E-state index contributed by atoms with van der Waals surface area (Å²) in [6.45, 7) is 3.07. The molecule has 0 aromatic heterocycles. The molecule has 0 radical (unpaired) electrons.